The normalized spacial score (nSPS) is 10.7. The highest BCUT2D eigenvalue weighted by Gasteiger charge is 2.11. The summed E-state index contributed by atoms with van der Waals surface area (Å²) in [5.74, 6) is 0.533. The highest BCUT2D eigenvalue weighted by molar-refractivity contribution is 7.99. The molecule has 0 saturated carbocycles. The fourth-order valence-corrected chi connectivity index (χ4v) is 2.24. The molecule has 18 heavy (non-hydrogen) atoms. The van der Waals surface area contributed by atoms with Gasteiger partial charge >= 0.3 is 0 Å². The van der Waals surface area contributed by atoms with Crippen LogP contribution < -0.4 is 5.32 Å². The number of nitrogens with zero attached hydrogens (tertiary/aromatic N) is 5. The number of nitrogens with one attached hydrogen (secondary N) is 2. The molecule has 0 aromatic carbocycles. The molecule has 0 unspecified atom stereocenters. The third-order valence-corrected chi connectivity index (χ3v) is 3.17. The van der Waals surface area contributed by atoms with Crippen LogP contribution in [0.4, 0.5) is 5.95 Å². The lowest BCUT2D eigenvalue weighted by Crippen LogP contribution is -1.98. The van der Waals surface area contributed by atoms with Gasteiger partial charge in [0, 0.05) is 13.2 Å². The lowest BCUT2D eigenvalue weighted by molar-refractivity contribution is 1.03. The van der Waals surface area contributed by atoms with E-state index in [1.54, 1.807) is 19.6 Å². The molecule has 0 fully saturated rings. The molecule has 2 N–H and O–H groups in total. The topological polar surface area (TPSA) is 92.3 Å². The van der Waals surface area contributed by atoms with Crippen LogP contribution in [-0.2, 0) is 0 Å². The molecule has 7 nitrogen and oxygen atoms in total. The van der Waals surface area contributed by atoms with E-state index in [0.29, 0.717) is 11.6 Å². The van der Waals surface area contributed by atoms with E-state index in [-0.39, 0.29) is 0 Å². The van der Waals surface area contributed by atoms with Crippen LogP contribution in [0.5, 0.6) is 0 Å². The summed E-state index contributed by atoms with van der Waals surface area (Å²) < 4.78 is 0. The first-order valence-corrected chi connectivity index (χ1v) is 6.01. The fourth-order valence-electron chi connectivity index (χ4n) is 1.43. The molecule has 0 saturated heterocycles. The Kier molecular flexibility index (Phi) is 2.77. The Morgan fingerprint density at radius 1 is 1.28 bits per heavy atom. The lowest BCUT2D eigenvalue weighted by atomic mass is 10.5. The summed E-state index contributed by atoms with van der Waals surface area (Å²) in [7, 11) is 1.77. The minimum absolute atomic E-state index is 0.533. The van der Waals surface area contributed by atoms with Gasteiger partial charge in [-0.3, -0.25) is 0 Å². The van der Waals surface area contributed by atoms with Crippen LogP contribution in [0.1, 0.15) is 0 Å². The van der Waals surface area contributed by atoms with Crippen LogP contribution >= 0.6 is 11.8 Å². The largest absolute Gasteiger partial charge is 0.357 e. The second-order valence-electron chi connectivity index (χ2n) is 3.35. The first-order chi connectivity index (χ1) is 8.86. The third kappa shape index (κ3) is 1.97. The highest BCUT2D eigenvalue weighted by Crippen LogP contribution is 2.29. The summed E-state index contributed by atoms with van der Waals surface area (Å²) in [6, 6.07) is 1.83. The van der Waals surface area contributed by atoms with Crippen molar-refractivity contribution in [1.82, 2.24) is 29.9 Å². The number of H-pyrrole nitrogens is 1. The summed E-state index contributed by atoms with van der Waals surface area (Å²) >= 11 is 1.44. The predicted molar refractivity (Wildman–Crippen MR) is 67.4 cm³/mol. The molecule has 0 bridgehead atoms. The van der Waals surface area contributed by atoms with E-state index in [1.165, 1.54) is 18.1 Å². The Bertz CT molecular complexity index is 666. The summed E-state index contributed by atoms with van der Waals surface area (Å²) in [5, 5.41) is 4.51. The van der Waals surface area contributed by atoms with Gasteiger partial charge in [-0.1, -0.05) is 0 Å². The molecule has 3 heterocycles. The quantitative estimate of drug-likeness (QED) is 0.685. The molecule has 3 aromatic heterocycles. The number of aromatic nitrogens is 6. The number of hydrogen-bond acceptors (Lipinski definition) is 7. The minimum Gasteiger partial charge on any atom is -0.357 e. The highest BCUT2D eigenvalue weighted by atomic mass is 32.2. The standard InChI is InChI=1S/C10H9N7S/c1-11-10-16-8-7(14-5-15-8)9(17-10)18-6-2-3-12-4-13-6/h2-5H,1H3,(H2,11,14,15,16,17). The number of aromatic amines is 1. The average molecular weight is 259 g/mol. The second-order valence-corrected chi connectivity index (χ2v) is 4.36. The van der Waals surface area contributed by atoms with Crippen LogP contribution in [0.15, 0.2) is 35.0 Å². The van der Waals surface area contributed by atoms with Gasteiger partial charge in [-0.05, 0) is 17.8 Å². The predicted octanol–water partition coefficient (Wildman–Crippen LogP) is 1.34. The van der Waals surface area contributed by atoms with Gasteiger partial charge in [-0.15, -0.1) is 0 Å². The summed E-state index contributed by atoms with van der Waals surface area (Å²) in [6.45, 7) is 0. The summed E-state index contributed by atoms with van der Waals surface area (Å²) in [6.07, 6.45) is 4.80. The van der Waals surface area contributed by atoms with E-state index in [1.807, 2.05) is 6.07 Å². The van der Waals surface area contributed by atoms with Gasteiger partial charge in [-0.25, -0.2) is 19.9 Å². The van der Waals surface area contributed by atoms with Crippen molar-refractivity contribution in [2.24, 2.45) is 0 Å². The molecule has 0 atom stereocenters. The fraction of sp³-hybridized carbons (Fsp3) is 0.100. The van der Waals surface area contributed by atoms with Crippen molar-refractivity contribution in [3.8, 4) is 0 Å². The van der Waals surface area contributed by atoms with Crippen LogP contribution in [0, 0.1) is 0 Å². The molecule has 3 aromatic rings. The van der Waals surface area contributed by atoms with Crippen molar-refractivity contribution < 1.29 is 0 Å². The number of imidazole rings is 1. The maximum atomic E-state index is 4.40. The Morgan fingerprint density at radius 2 is 2.22 bits per heavy atom. The van der Waals surface area contributed by atoms with E-state index in [4.69, 9.17) is 0 Å². The molecule has 3 rings (SSSR count). The van der Waals surface area contributed by atoms with E-state index >= 15 is 0 Å². The zero-order chi connectivity index (χ0) is 12.4. The smallest absolute Gasteiger partial charge is 0.225 e. The van der Waals surface area contributed by atoms with Crippen LogP contribution in [0.3, 0.4) is 0 Å². The molecule has 0 aliphatic heterocycles. The van der Waals surface area contributed by atoms with Gasteiger partial charge in [-0.2, -0.15) is 4.98 Å². The monoisotopic (exact) mass is 259 g/mol. The Labute approximate surface area is 107 Å². The second kappa shape index (κ2) is 4.57. The molecule has 0 aliphatic carbocycles. The molecule has 0 radical (unpaired) electrons. The van der Waals surface area contributed by atoms with Crippen LogP contribution in [-0.4, -0.2) is 37.0 Å². The van der Waals surface area contributed by atoms with Crippen LogP contribution in [0.25, 0.3) is 11.2 Å². The third-order valence-electron chi connectivity index (χ3n) is 2.23. The molecule has 8 heteroatoms. The van der Waals surface area contributed by atoms with E-state index in [0.717, 1.165) is 15.6 Å². The zero-order valence-electron chi connectivity index (χ0n) is 9.45. The maximum absolute atomic E-state index is 4.40. The SMILES string of the molecule is CNc1nc(Sc2ccncn2)c2[nH]cnc2n1. The number of rotatable bonds is 3. The van der Waals surface area contributed by atoms with Crippen molar-refractivity contribution in [3.05, 3.63) is 24.9 Å². The number of anilines is 1. The van der Waals surface area contributed by atoms with Crippen molar-refractivity contribution in [2.75, 3.05) is 12.4 Å². The van der Waals surface area contributed by atoms with Crippen LogP contribution in [0.2, 0.25) is 0 Å². The Morgan fingerprint density at radius 3 is 3.00 bits per heavy atom. The van der Waals surface area contributed by atoms with Crippen molar-refractivity contribution in [3.63, 3.8) is 0 Å². The van der Waals surface area contributed by atoms with Crippen molar-refractivity contribution in [2.45, 2.75) is 10.1 Å². The van der Waals surface area contributed by atoms with Gasteiger partial charge in [0.05, 0.1) is 6.33 Å². The molecule has 0 aliphatic rings. The average Bonchev–Trinajstić information content (AvgIpc) is 2.88. The van der Waals surface area contributed by atoms with Gasteiger partial charge in [0.2, 0.25) is 5.95 Å². The zero-order valence-corrected chi connectivity index (χ0v) is 10.3. The van der Waals surface area contributed by atoms with Gasteiger partial charge in [0.25, 0.3) is 0 Å². The molecule has 0 amide bonds. The van der Waals surface area contributed by atoms with E-state index in [2.05, 4.69) is 35.2 Å². The molecule has 0 spiro atoms. The van der Waals surface area contributed by atoms with E-state index < -0.39 is 0 Å². The van der Waals surface area contributed by atoms with Gasteiger partial charge < -0.3 is 10.3 Å². The van der Waals surface area contributed by atoms with Crippen molar-refractivity contribution in [1.29, 1.82) is 0 Å². The lowest BCUT2D eigenvalue weighted by Gasteiger charge is -2.03. The summed E-state index contributed by atoms with van der Waals surface area (Å²) in [4.78, 5) is 23.9. The first-order valence-electron chi connectivity index (χ1n) is 5.19. The molecule has 90 valence electrons. The van der Waals surface area contributed by atoms with E-state index in [9.17, 15) is 0 Å². The first kappa shape index (κ1) is 10.9. The molecular weight excluding hydrogens is 250 g/mol. The summed E-state index contributed by atoms with van der Waals surface area (Å²) in [5.41, 5.74) is 1.43. The number of hydrogen-bond donors (Lipinski definition) is 2. The minimum atomic E-state index is 0.533. The number of fused-ring (bicyclic) bond motifs is 1. The Hall–Kier alpha value is -2.22. The van der Waals surface area contributed by atoms with Gasteiger partial charge in [0.1, 0.15) is 21.9 Å². The van der Waals surface area contributed by atoms with Gasteiger partial charge in [0.15, 0.2) is 5.65 Å². The Balaban J connectivity index is 2.07. The molecular formula is C10H9N7S. The van der Waals surface area contributed by atoms with Crippen molar-refractivity contribution >= 4 is 28.9 Å². The maximum Gasteiger partial charge on any atom is 0.225 e.